The third kappa shape index (κ3) is 5.95. The molecule has 0 aromatic carbocycles. The molecule has 3 rings (SSSR count). The average Bonchev–Trinajstić information content (AvgIpc) is 3.15. The van der Waals surface area contributed by atoms with Crippen LogP contribution in [0, 0.1) is 0 Å². The maximum absolute atomic E-state index is 12.4. The van der Waals surface area contributed by atoms with Crippen molar-refractivity contribution in [2.24, 2.45) is 0 Å². The summed E-state index contributed by atoms with van der Waals surface area (Å²) < 4.78 is 23.8. The quantitative estimate of drug-likeness (QED) is 0.446. The number of carbonyl (C=O) groups excluding carboxylic acids is 1. The van der Waals surface area contributed by atoms with Crippen LogP contribution in [0.15, 0.2) is 6.20 Å². The second-order valence-corrected chi connectivity index (χ2v) is 8.42. The van der Waals surface area contributed by atoms with Crippen molar-refractivity contribution >= 4 is 5.97 Å². The Bertz CT molecular complexity index is 662. The predicted molar refractivity (Wildman–Crippen MR) is 113 cm³/mol. The molecule has 170 valence electrons. The van der Waals surface area contributed by atoms with E-state index in [4.69, 9.17) is 18.9 Å². The van der Waals surface area contributed by atoms with E-state index in [1.807, 2.05) is 4.68 Å². The lowest BCUT2D eigenvalue weighted by Crippen LogP contribution is -2.51. The minimum absolute atomic E-state index is 0.279. The van der Waals surface area contributed by atoms with Gasteiger partial charge < -0.3 is 18.9 Å². The van der Waals surface area contributed by atoms with Crippen LogP contribution in [0.2, 0.25) is 0 Å². The Labute approximate surface area is 179 Å². The molecule has 0 N–H and O–H groups in total. The van der Waals surface area contributed by atoms with Crippen molar-refractivity contribution < 1.29 is 23.7 Å². The highest BCUT2D eigenvalue weighted by molar-refractivity contribution is 5.91. The zero-order valence-electron chi connectivity index (χ0n) is 18.8. The van der Waals surface area contributed by atoms with Crippen molar-refractivity contribution in [3.05, 3.63) is 11.8 Å². The molecule has 2 fully saturated rings. The number of carbonyl (C=O) groups is 1. The molecule has 8 heteroatoms. The van der Waals surface area contributed by atoms with Crippen molar-refractivity contribution in [2.45, 2.75) is 77.2 Å². The standard InChI is InChI=1S/C22H37N3O5/c1-5-28-22(26)20-15-25(23-21(20)29-12-6-11-27-4)19-9-7-18(8-10-19)24-13-16(2)30-17(3)14-24/h15-19H,5-14H2,1-4H3/t16-,17+,18-,19-. The van der Waals surface area contributed by atoms with Crippen LogP contribution in [0.5, 0.6) is 5.88 Å². The first-order valence-corrected chi connectivity index (χ1v) is 11.3. The third-order valence-corrected chi connectivity index (χ3v) is 5.93. The molecule has 30 heavy (non-hydrogen) atoms. The van der Waals surface area contributed by atoms with E-state index in [1.165, 1.54) is 0 Å². The van der Waals surface area contributed by atoms with Gasteiger partial charge in [-0.3, -0.25) is 9.58 Å². The second kappa shape index (κ2) is 11.1. The number of hydrogen-bond donors (Lipinski definition) is 0. The van der Waals surface area contributed by atoms with Crippen molar-refractivity contribution in [2.75, 3.05) is 40.0 Å². The van der Waals surface area contributed by atoms with E-state index in [2.05, 4.69) is 23.8 Å². The summed E-state index contributed by atoms with van der Waals surface area (Å²) in [7, 11) is 1.66. The van der Waals surface area contributed by atoms with E-state index < -0.39 is 0 Å². The molecule has 1 saturated heterocycles. The molecule has 2 aliphatic rings. The van der Waals surface area contributed by atoms with E-state index in [0.717, 1.165) is 45.2 Å². The number of nitrogens with zero attached hydrogens (tertiary/aromatic N) is 3. The first kappa shape index (κ1) is 23.0. The second-order valence-electron chi connectivity index (χ2n) is 8.42. The number of esters is 1. The van der Waals surface area contributed by atoms with Gasteiger partial charge in [0.05, 0.1) is 31.5 Å². The van der Waals surface area contributed by atoms with Crippen LogP contribution < -0.4 is 4.74 Å². The fourth-order valence-corrected chi connectivity index (χ4v) is 4.59. The van der Waals surface area contributed by atoms with Gasteiger partial charge in [0.25, 0.3) is 0 Å². The summed E-state index contributed by atoms with van der Waals surface area (Å²) in [4.78, 5) is 15.0. The fourth-order valence-electron chi connectivity index (χ4n) is 4.59. The van der Waals surface area contributed by atoms with Gasteiger partial charge in [-0.2, -0.15) is 0 Å². The SMILES string of the molecule is CCOC(=O)c1cn([C@H]2CC[C@H](N3C[C@@H](C)O[C@@H](C)C3)CC2)nc1OCCCOC. The summed E-state index contributed by atoms with van der Waals surface area (Å²) in [6.45, 7) is 9.52. The van der Waals surface area contributed by atoms with E-state index in [-0.39, 0.29) is 12.0 Å². The van der Waals surface area contributed by atoms with E-state index in [1.54, 1.807) is 20.2 Å². The summed E-state index contributed by atoms with van der Waals surface area (Å²) in [6, 6.07) is 0.876. The molecule has 0 unspecified atom stereocenters. The molecule has 0 spiro atoms. The number of aromatic nitrogens is 2. The van der Waals surface area contributed by atoms with Crippen LogP contribution in [-0.4, -0.2) is 78.9 Å². The zero-order valence-corrected chi connectivity index (χ0v) is 18.8. The Hall–Kier alpha value is -1.64. The summed E-state index contributed by atoms with van der Waals surface area (Å²) in [5, 5.41) is 4.62. The molecule has 1 saturated carbocycles. The van der Waals surface area contributed by atoms with Crippen molar-refractivity contribution in [1.82, 2.24) is 14.7 Å². The highest BCUT2D eigenvalue weighted by Gasteiger charge is 2.32. The largest absolute Gasteiger partial charge is 0.476 e. The fraction of sp³-hybridized carbons (Fsp3) is 0.818. The van der Waals surface area contributed by atoms with Gasteiger partial charge in [-0.25, -0.2) is 4.79 Å². The molecule has 0 bridgehead atoms. The van der Waals surface area contributed by atoms with E-state index >= 15 is 0 Å². The molecular weight excluding hydrogens is 386 g/mol. The molecular formula is C22H37N3O5. The first-order chi connectivity index (χ1) is 14.5. The smallest absolute Gasteiger partial charge is 0.345 e. The summed E-state index contributed by atoms with van der Waals surface area (Å²) in [6.07, 6.45) is 7.46. The maximum atomic E-state index is 12.4. The lowest BCUT2D eigenvalue weighted by atomic mass is 9.89. The topological polar surface area (TPSA) is 75.1 Å². The molecule has 1 aliphatic heterocycles. The summed E-state index contributed by atoms with van der Waals surface area (Å²) >= 11 is 0. The monoisotopic (exact) mass is 423 g/mol. The molecule has 2 atom stereocenters. The van der Waals surface area contributed by atoms with Crippen molar-refractivity contribution in [3.63, 3.8) is 0 Å². The molecule has 2 heterocycles. The molecule has 1 aromatic rings. The summed E-state index contributed by atoms with van der Waals surface area (Å²) in [5.41, 5.74) is 0.409. The van der Waals surface area contributed by atoms with Gasteiger partial charge in [-0.1, -0.05) is 0 Å². The van der Waals surface area contributed by atoms with Gasteiger partial charge in [-0.15, -0.1) is 5.10 Å². The number of morpholine rings is 1. The Morgan fingerprint density at radius 3 is 2.43 bits per heavy atom. The van der Waals surface area contributed by atoms with Crippen LogP contribution >= 0.6 is 0 Å². The predicted octanol–water partition coefficient (Wildman–Crippen LogP) is 3.07. The normalized spacial score (nSPS) is 27.7. The van der Waals surface area contributed by atoms with Gasteiger partial charge in [0.15, 0.2) is 0 Å². The highest BCUT2D eigenvalue weighted by Crippen LogP contribution is 2.33. The van der Waals surface area contributed by atoms with Gasteiger partial charge in [0.2, 0.25) is 5.88 Å². The molecule has 1 aliphatic carbocycles. The van der Waals surface area contributed by atoms with Crippen molar-refractivity contribution in [3.8, 4) is 5.88 Å². The lowest BCUT2D eigenvalue weighted by Gasteiger charge is -2.42. The Balaban J connectivity index is 1.62. The van der Waals surface area contributed by atoms with Crippen molar-refractivity contribution in [1.29, 1.82) is 0 Å². The van der Waals surface area contributed by atoms with Gasteiger partial charge in [-0.05, 0) is 46.5 Å². The molecule has 1 aromatic heterocycles. The lowest BCUT2D eigenvalue weighted by molar-refractivity contribution is -0.0852. The van der Waals surface area contributed by atoms with E-state index in [0.29, 0.717) is 49.5 Å². The molecule has 0 radical (unpaired) electrons. The number of rotatable bonds is 9. The highest BCUT2D eigenvalue weighted by atomic mass is 16.5. The van der Waals surface area contributed by atoms with Gasteiger partial charge in [0.1, 0.15) is 5.56 Å². The number of ether oxygens (including phenoxy) is 4. The first-order valence-electron chi connectivity index (χ1n) is 11.3. The van der Waals surface area contributed by atoms with E-state index in [9.17, 15) is 4.79 Å². The number of methoxy groups -OCH3 is 1. The Morgan fingerprint density at radius 2 is 1.80 bits per heavy atom. The maximum Gasteiger partial charge on any atom is 0.345 e. The molecule has 0 amide bonds. The van der Waals surface area contributed by atoms with Crippen LogP contribution in [-0.2, 0) is 14.2 Å². The average molecular weight is 424 g/mol. The van der Waals surface area contributed by atoms with Crippen LogP contribution in [0.25, 0.3) is 0 Å². The molecule has 8 nitrogen and oxygen atoms in total. The zero-order chi connectivity index (χ0) is 21.5. The summed E-state index contributed by atoms with van der Waals surface area (Å²) in [5.74, 6) is -0.0158. The van der Waals surface area contributed by atoms with Gasteiger partial charge >= 0.3 is 5.97 Å². The van der Waals surface area contributed by atoms with Crippen LogP contribution in [0.1, 0.15) is 69.3 Å². The van der Waals surface area contributed by atoms with Gasteiger partial charge in [0, 0.05) is 45.5 Å². The third-order valence-electron chi connectivity index (χ3n) is 5.93. The van der Waals surface area contributed by atoms with Crippen LogP contribution in [0.4, 0.5) is 0 Å². The minimum atomic E-state index is -0.379. The van der Waals surface area contributed by atoms with Crippen LogP contribution in [0.3, 0.4) is 0 Å². The number of hydrogen-bond acceptors (Lipinski definition) is 7. The Morgan fingerprint density at radius 1 is 1.13 bits per heavy atom. The minimum Gasteiger partial charge on any atom is -0.476 e. The Kier molecular flexibility index (Phi) is 8.53.